The summed E-state index contributed by atoms with van der Waals surface area (Å²) >= 11 is 3.52. The summed E-state index contributed by atoms with van der Waals surface area (Å²) in [5.74, 6) is -1.86. The molecule has 6 nitrogen and oxygen atoms in total. The normalized spacial score (nSPS) is 32.7. The molecule has 4 aliphatic rings. The molecule has 3 fully saturated rings. The van der Waals surface area contributed by atoms with Crippen LogP contribution in [-0.2, 0) is 19.9 Å². The molecule has 7 heteroatoms. The van der Waals surface area contributed by atoms with Gasteiger partial charge in [-0.25, -0.2) is 4.90 Å². The number of benzene rings is 2. The number of anilines is 2. The standard InChI is InChI=1S/C22H18BrN3O3/c23-12-8-9-15-14(11-12)22(21(29)24-15)18-17(16-7-4-10-25(16)22)19(27)26(20(18)28)13-5-2-1-3-6-13/h1-3,5-6,8-9,11,16-18H,4,7,10H2,(H,24,29)/t16-,17+,18-,22-/m0/s1. The van der Waals surface area contributed by atoms with Crippen LogP contribution in [0.5, 0.6) is 0 Å². The maximum atomic E-state index is 13.7. The number of imide groups is 1. The Morgan fingerprint density at radius 3 is 2.62 bits per heavy atom. The van der Waals surface area contributed by atoms with Crippen LogP contribution in [0, 0.1) is 11.8 Å². The van der Waals surface area contributed by atoms with E-state index < -0.39 is 17.4 Å². The maximum Gasteiger partial charge on any atom is 0.250 e. The summed E-state index contributed by atoms with van der Waals surface area (Å²) in [5, 5.41) is 2.99. The van der Waals surface area contributed by atoms with Gasteiger partial charge in [-0.05, 0) is 49.7 Å². The van der Waals surface area contributed by atoms with Crippen LogP contribution in [0.4, 0.5) is 11.4 Å². The van der Waals surface area contributed by atoms with Crippen LogP contribution in [0.3, 0.4) is 0 Å². The van der Waals surface area contributed by atoms with Crippen LogP contribution in [0.15, 0.2) is 53.0 Å². The molecule has 2 aromatic rings. The van der Waals surface area contributed by atoms with Gasteiger partial charge < -0.3 is 5.32 Å². The van der Waals surface area contributed by atoms with Crippen LogP contribution in [0.1, 0.15) is 18.4 Å². The Balaban J connectivity index is 1.58. The topological polar surface area (TPSA) is 69.7 Å². The molecule has 146 valence electrons. The van der Waals surface area contributed by atoms with Crippen LogP contribution >= 0.6 is 15.9 Å². The molecule has 3 amide bonds. The number of fused-ring (bicyclic) bond motifs is 7. The van der Waals surface area contributed by atoms with Gasteiger partial charge in [0.25, 0.3) is 0 Å². The molecule has 3 saturated heterocycles. The Kier molecular flexibility index (Phi) is 3.45. The van der Waals surface area contributed by atoms with Crippen LogP contribution in [0.2, 0.25) is 0 Å². The molecule has 4 heterocycles. The van der Waals surface area contributed by atoms with Gasteiger partial charge in [0.1, 0.15) is 5.54 Å². The first kappa shape index (κ1) is 17.4. The molecule has 4 aliphatic heterocycles. The van der Waals surface area contributed by atoms with E-state index in [1.807, 2.05) is 36.4 Å². The van der Waals surface area contributed by atoms with Crippen molar-refractivity contribution < 1.29 is 14.4 Å². The Labute approximate surface area is 176 Å². The Bertz CT molecular complexity index is 1090. The average Bonchev–Trinajstić information content (AvgIpc) is 3.41. The molecule has 1 spiro atoms. The zero-order chi connectivity index (χ0) is 19.9. The number of halogens is 1. The fourth-order valence-electron chi connectivity index (χ4n) is 6.01. The first-order valence-electron chi connectivity index (χ1n) is 9.86. The van der Waals surface area contributed by atoms with Crippen molar-refractivity contribution in [2.24, 2.45) is 11.8 Å². The van der Waals surface area contributed by atoms with Crippen molar-refractivity contribution in [1.82, 2.24) is 4.90 Å². The van der Waals surface area contributed by atoms with Crippen molar-refractivity contribution in [2.45, 2.75) is 24.4 Å². The zero-order valence-electron chi connectivity index (χ0n) is 15.5. The van der Waals surface area contributed by atoms with Crippen molar-refractivity contribution in [3.05, 3.63) is 58.6 Å². The van der Waals surface area contributed by atoms with Crippen molar-refractivity contribution in [1.29, 1.82) is 0 Å². The lowest BCUT2D eigenvalue weighted by Gasteiger charge is -2.36. The predicted molar refractivity (Wildman–Crippen MR) is 110 cm³/mol. The summed E-state index contributed by atoms with van der Waals surface area (Å²) in [5.41, 5.74) is 0.973. The highest BCUT2D eigenvalue weighted by molar-refractivity contribution is 9.10. The molecular weight excluding hydrogens is 434 g/mol. The lowest BCUT2D eigenvalue weighted by atomic mass is 9.75. The van der Waals surface area contributed by atoms with Gasteiger partial charge in [0, 0.05) is 21.8 Å². The molecule has 6 rings (SSSR count). The third-order valence-electron chi connectivity index (χ3n) is 6.97. The number of hydrogen-bond acceptors (Lipinski definition) is 4. The molecule has 0 bridgehead atoms. The third-order valence-corrected chi connectivity index (χ3v) is 7.46. The lowest BCUT2D eigenvalue weighted by molar-refractivity contribution is -0.135. The van der Waals surface area contributed by atoms with Crippen LogP contribution < -0.4 is 10.2 Å². The highest BCUT2D eigenvalue weighted by Gasteiger charge is 2.74. The Morgan fingerprint density at radius 1 is 1.03 bits per heavy atom. The van der Waals surface area contributed by atoms with E-state index in [2.05, 4.69) is 26.1 Å². The molecule has 0 saturated carbocycles. The second kappa shape index (κ2) is 5.77. The average molecular weight is 452 g/mol. The minimum atomic E-state index is -1.12. The zero-order valence-corrected chi connectivity index (χ0v) is 17.1. The summed E-state index contributed by atoms with van der Waals surface area (Å²) in [6.45, 7) is 0.711. The van der Waals surface area contributed by atoms with Crippen molar-refractivity contribution in [3.8, 4) is 0 Å². The largest absolute Gasteiger partial charge is 0.324 e. The highest BCUT2D eigenvalue weighted by atomic mass is 79.9. The summed E-state index contributed by atoms with van der Waals surface area (Å²) in [6.07, 6.45) is 1.74. The molecule has 0 radical (unpaired) electrons. The summed E-state index contributed by atoms with van der Waals surface area (Å²) in [6, 6.07) is 14.6. The van der Waals surface area contributed by atoms with E-state index in [-0.39, 0.29) is 23.8 Å². The number of amides is 3. The van der Waals surface area contributed by atoms with E-state index in [4.69, 9.17) is 0 Å². The van der Waals surface area contributed by atoms with Crippen LogP contribution in [0.25, 0.3) is 0 Å². The number of rotatable bonds is 1. The van der Waals surface area contributed by atoms with E-state index in [0.29, 0.717) is 12.2 Å². The summed E-state index contributed by atoms with van der Waals surface area (Å²) < 4.78 is 0.850. The van der Waals surface area contributed by atoms with E-state index in [1.54, 1.807) is 12.1 Å². The minimum Gasteiger partial charge on any atom is -0.324 e. The van der Waals surface area contributed by atoms with E-state index >= 15 is 0 Å². The van der Waals surface area contributed by atoms with Gasteiger partial charge in [0.2, 0.25) is 17.7 Å². The monoisotopic (exact) mass is 451 g/mol. The van der Waals surface area contributed by atoms with Gasteiger partial charge in [-0.2, -0.15) is 0 Å². The molecule has 0 aromatic heterocycles. The van der Waals surface area contributed by atoms with Crippen molar-refractivity contribution in [3.63, 3.8) is 0 Å². The Hall–Kier alpha value is -2.51. The molecule has 0 aliphatic carbocycles. The number of carbonyl (C=O) groups is 3. The van der Waals surface area contributed by atoms with Gasteiger partial charge in [-0.3, -0.25) is 19.3 Å². The molecule has 4 atom stereocenters. The van der Waals surface area contributed by atoms with Gasteiger partial charge in [-0.15, -0.1) is 0 Å². The van der Waals surface area contributed by atoms with Gasteiger partial charge >= 0.3 is 0 Å². The first-order chi connectivity index (χ1) is 14.0. The fraction of sp³-hybridized carbons (Fsp3) is 0.318. The molecule has 29 heavy (non-hydrogen) atoms. The number of carbonyl (C=O) groups excluding carboxylic acids is 3. The molecular formula is C22H18BrN3O3. The Morgan fingerprint density at radius 2 is 1.83 bits per heavy atom. The van der Waals surface area contributed by atoms with Gasteiger partial charge in [0.15, 0.2) is 0 Å². The number of nitrogens with one attached hydrogen (secondary N) is 1. The predicted octanol–water partition coefficient (Wildman–Crippen LogP) is 2.88. The van der Waals surface area contributed by atoms with Crippen LogP contribution in [-0.4, -0.2) is 35.2 Å². The highest BCUT2D eigenvalue weighted by Crippen LogP contribution is 2.60. The van der Waals surface area contributed by atoms with Gasteiger partial charge in [0.05, 0.1) is 17.5 Å². The first-order valence-corrected chi connectivity index (χ1v) is 10.7. The number of hydrogen-bond donors (Lipinski definition) is 1. The van der Waals surface area contributed by atoms with E-state index in [0.717, 1.165) is 28.6 Å². The summed E-state index contributed by atoms with van der Waals surface area (Å²) in [7, 11) is 0. The molecule has 0 unspecified atom stereocenters. The van der Waals surface area contributed by atoms with Crippen molar-refractivity contribution >= 4 is 45.0 Å². The number of nitrogens with zero attached hydrogens (tertiary/aromatic N) is 2. The van der Waals surface area contributed by atoms with E-state index in [1.165, 1.54) is 4.90 Å². The summed E-state index contributed by atoms with van der Waals surface area (Å²) in [4.78, 5) is 44.2. The number of para-hydroxylation sites is 1. The quantitative estimate of drug-likeness (QED) is 0.676. The van der Waals surface area contributed by atoms with Crippen molar-refractivity contribution in [2.75, 3.05) is 16.8 Å². The third kappa shape index (κ3) is 1.97. The molecule has 1 N–H and O–H groups in total. The molecule has 2 aromatic carbocycles. The smallest absolute Gasteiger partial charge is 0.250 e. The second-order valence-electron chi connectivity index (χ2n) is 8.16. The lowest BCUT2D eigenvalue weighted by Crippen LogP contribution is -2.54. The second-order valence-corrected chi connectivity index (χ2v) is 9.08. The minimum absolute atomic E-state index is 0.0964. The van der Waals surface area contributed by atoms with E-state index in [9.17, 15) is 14.4 Å². The van der Waals surface area contributed by atoms with Gasteiger partial charge in [-0.1, -0.05) is 34.1 Å². The fourth-order valence-corrected chi connectivity index (χ4v) is 6.37. The SMILES string of the molecule is O=C1[C@H]2[C@@H](C(=O)N1c1ccccc1)[C@@]1(C(=O)Nc3ccc(Br)cc31)N1CCC[C@@H]21. The maximum absolute atomic E-state index is 13.7.